The molecule has 27 heavy (non-hydrogen) atoms. The molecule has 1 atom stereocenters. The maximum Gasteiger partial charge on any atom is 0.252 e. The maximum absolute atomic E-state index is 13.2. The van der Waals surface area contributed by atoms with E-state index in [4.69, 9.17) is 0 Å². The van der Waals surface area contributed by atoms with Gasteiger partial charge in [-0.3, -0.25) is 4.79 Å². The van der Waals surface area contributed by atoms with Crippen molar-refractivity contribution in [1.82, 2.24) is 9.62 Å². The maximum atomic E-state index is 13.2. The predicted molar refractivity (Wildman–Crippen MR) is 98.7 cm³/mol. The third-order valence-corrected chi connectivity index (χ3v) is 7.79. The van der Waals surface area contributed by atoms with Gasteiger partial charge in [0.1, 0.15) is 15.8 Å². The van der Waals surface area contributed by atoms with E-state index >= 15 is 0 Å². The molecular weight excluding hydrogens is 394 g/mol. The van der Waals surface area contributed by atoms with Crippen molar-refractivity contribution in [2.75, 3.05) is 13.1 Å². The van der Waals surface area contributed by atoms with E-state index in [0.29, 0.717) is 24.9 Å². The highest BCUT2D eigenvalue weighted by Gasteiger charge is 2.33. The van der Waals surface area contributed by atoms with Gasteiger partial charge in [0.2, 0.25) is 5.91 Å². The standard InChI is InChI=1S/C18H20F2N2O3S2/c1-12-4-5-17(26-12)27(24,25)22-6-2-3-14(11-22)18(23)21-10-13-7-15(19)9-16(20)8-13/h4-5,7-9,14H,2-3,6,10-11H2,1H3,(H,21,23). The average molecular weight is 414 g/mol. The second kappa shape index (κ2) is 8.04. The van der Waals surface area contributed by atoms with Gasteiger partial charge in [-0.25, -0.2) is 17.2 Å². The Morgan fingerprint density at radius 1 is 1.26 bits per heavy atom. The highest BCUT2D eigenvalue weighted by molar-refractivity contribution is 7.91. The molecule has 146 valence electrons. The lowest BCUT2D eigenvalue weighted by atomic mass is 9.99. The number of thiophene rings is 1. The van der Waals surface area contributed by atoms with Crippen molar-refractivity contribution in [3.63, 3.8) is 0 Å². The Morgan fingerprint density at radius 3 is 2.59 bits per heavy atom. The number of carbonyl (C=O) groups excluding carboxylic acids is 1. The van der Waals surface area contributed by atoms with Crippen LogP contribution >= 0.6 is 11.3 Å². The molecule has 1 fully saturated rings. The molecule has 1 unspecified atom stereocenters. The Bertz CT molecular complexity index is 924. The third-order valence-electron chi connectivity index (χ3n) is 4.45. The van der Waals surface area contributed by atoms with Crippen molar-refractivity contribution in [3.05, 3.63) is 52.4 Å². The molecule has 1 aromatic carbocycles. The topological polar surface area (TPSA) is 66.5 Å². The first kappa shape index (κ1) is 19.9. The summed E-state index contributed by atoms with van der Waals surface area (Å²) in [6.07, 6.45) is 1.15. The molecule has 1 N–H and O–H groups in total. The fourth-order valence-electron chi connectivity index (χ4n) is 3.10. The van der Waals surface area contributed by atoms with Crippen LogP contribution in [0.3, 0.4) is 0 Å². The monoisotopic (exact) mass is 414 g/mol. The molecule has 9 heteroatoms. The summed E-state index contributed by atoms with van der Waals surface area (Å²) in [5, 5.41) is 2.65. The zero-order valence-electron chi connectivity index (χ0n) is 14.7. The second-order valence-electron chi connectivity index (χ2n) is 6.56. The fraction of sp³-hybridized carbons (Fsp3) is 0.389. The molecule has 1 saturated heterocycles. The van der Waals surface area contributed by atoms with Crippen LogP contribution in [0.2, 0.25) is 0 Å². The van der Waals surface area contributed by atoms with Crippen molar-refractivity contribution >= 4 is 27.3 Å². The van der Waals surface area contributed by atoms with Crippen molar-refractivity contribution in [1.29, 1.82) is 0 Å². The Kier molecular flexibility index (Phi) is 5.92. The molecule has 0 bridgehead atoms. The first-order valence-corrected chi connectivity index (χ1v) is 10.8. The highest BCUT2D eigenvalue weighted by atomic mass is 32.2. The van der Waals surface area contributed by atoms with E-state index in [0.717, 1.165) is 23.1 Å². The number of hydrogen-bond acceptors (Lipinski definition) is 4. The molecule has 1 aliphatic rings. The van der Waals surface area contributed by atoms with E-state index in [-0.39, 0.29) is 23.2 Å². The number of nitrogens with one attached hydrogen (secondary N) is 1. The van der Waals surface area contributed by atoms with Gasteiger partial charge in [0.05, 0.1) is 5.92 Å². The second-order valence-corrected chi connectivity index (χ2v) is 10.0. The number of piperidine rings is 1. The number of rotatable bonds is 5. The number of aryl methyl sites for hydroxylation is 1. The van der Waals surface area contributed by atoms with Crippen LogP contribution in [0.25, 0.3) is 0 Å². The van der Waals surface area contributed by atoms with Crippen LogP contribution in [-0.4, -0.2) is 31.7 Å². The zero-order valence-corrected chi connectivity index (χ0v) is 16.4. The lowest BCUT2D eigenvalue weighted by Crippen LogP contribution is -2.45. The highest BCUT2D eigenvalue weighted by Crippen LogP contribution is 2.28. The van der Waals surface area contributed by atoms with Gasteiger partial charge in [0.25, 0.3) is 10.0 Å². The van der Waals surface area contributed by atoms with Crippen LogP contribution in [0.1, 0.15) is 23.3 Å². The summed E-state index contributed by atoms with van der Waals surface area (Å²) >= 11 is 1.21. The Balaban J connectivity index is 1.64. The van der Waals surface area contributed by atoms with Crippen molar-refractivity contribution < 1.29 is 22.0 Å². The van der Waals surface area contributed by atoms with Gasteiger partial charge in [-0.2, -0.15) is 4.31 Å². The minimum absolute atomic E-state index is 0.0130. The number of amides is 1. The fourth-order valence-corrected chi connectivity index (χ4v) is 6.06. The first-order chi connectivity index (χ1) is 12.8. The largest absolute Gasteiger partial charge is 0.352 e. The smallest absolute Gasteiger partial charge is 0.252 e. The molecule has 0 aliphatic carbocycles. The summed E-state index contributed by atoms with van der Waals surface area (Å²) in [6, 6.07) is 6.41. The summed E-state index contributed by atoms with van der Waals surface area (Å²) in [5.74, 6) is -2.23. The third kappa shape index (κ3) is 4.72. The molecule has 5 nitrogen and oxygen atoms in total. The quantitative estimate of drug-likeness (QED) is 0.818. The van der Waals surface area contributed by atoms with Crippen molar-refractivity contribution in [2.45, 2.75) is 30.5 Å². The molecule has 3 rings (SSSR count). The molecule has 1 amide bonds. The summed E-state index contributed by atoms with van der Waals surface area (Å²) in [4.78, 5) is 13.3. The lowest BCUT2D eigenvalue weighted by Gasteiger charge is -2.30. The van der Waals surface area contributed by atoms with Crippen LogP contribution in [0.5, 0.6) is 0 Å². The Hall–Kier alpha value is -1.84. The number of nitrogens with zero attached hydrogens (tertiary/aromatic N) is 1. The zero-order chi connectivity index (χ0) is 19.6. The van der Waals surface area contributed by atoms with Gasteiger partial charge in [-0.05, 0) is 49.6 Å². The predicted octanol–water partition coefficient (Wildman–Crippen LogP) is 3.05. The number of sulfonamides is 1. The van der Waals surface area contributed by atoms with E-state index in [1.54, 1.807) is 12.1 Å². The van der Waals surface area contributed by atoms with E-state index in [9.17, 15) is 22.0 Å². The molecule has 0 saturated carbocycles. The number of halogens is 2. The summed E-state index contributed by atoms with van der Waals surface area (Å²) in [6.45, 7) is 2.30. The van der Waals surface area contributed by atoms with Gasteiger partial charge >= 0.3 is 0 Å². The SMILES string of the molecule is Cc1ccc(S(=O)(=O)N2CCCC(C(=O)NCc3cc(F)cc(F)c3)C2)s1. The molecule has 1 aromatic heterocycles. The van der Waals surface area contributed by atoms with Crippen LogP contribution in [0, 0.1) is 24.5 Å². The summed E-state index contributed by atoms with van der Waals surface area (Å²) in [5.41, 5.74) is 0.315. The van der Waals surface area contributed by atoms with Gasteiger partial charge in [-0.15, -0.1) is 11.3 Å². The van der Waals surface area contributed by atoms with E-state index in [1.807, 2.05) is 6.92 Å². The average Bonchev–Trinajstić information content (AvgIpc) is 3.06. The lowest BCUT2D eigenvalue weighted by molar-refractivity contribution is -0.126. The van der Waals surface area contributed by atoms with Gasteiger partial charge < -0.3 is 5.32 Å². The summed E-state index contributed by atoms with van der Waals surface area (Å²) < 4.78 is 53.6. The Labute approximate surface area is 161 Å². The van der Waals surface area contributed by atoms with Crippen LogP contribution in [-0.2, 0) is 21.4 Å². The van der Waals surface area contributed by atoms with Gasteiger partial charge in [-0.1, -0.05) is 0 Å². The molecular formula is C18H20F2N2O3S2. The van der Waals surface area contributed by atoms with E-state index in [1.165, 1.54) is 15.6 Å². The minimum atomic E-state index is -3.61. The molecule has 2 aromatic rings. The van der Waals surface area contributed by atoms with Crippen LogP contribution < -0.4 is 5.32 Å². The Morgan fingerprint density at radius 2 is 1.96 bits per heavy atom. The van der Waals surface area contributed by atoms with Crippen molar-refractivity contribution in [3.8, 4) is 0 Å². The molecule has 0 spiro atoms. The van der Waals surface area contributed by atoms with Crippen molar-refractivity contribution in [2.24, 2.45) is 5.92 Å². The van der Waals surface area contributed by atoms with E-state index < -0.39 is 27.6 Å². The molecule has 0 radical (unpaired) electrons. The minimum Gasteiger partial charge on any atom is -0.352 e. The normalized spacial score (nSPS) is 18.4. The first-order valence-electron chi connectivity index (χ1n) is 8.55. The molecule has 1 aliphatic heterocycles. The van der Waals surface area contributed by atoms with Crippen LogP contribution in [0.4, 0.5) is 8.78 Å². The van der Waals surface area contributed by atoms with E-state index in [2.05, 4.69) is 5.32 Å². The molecule has 2 heterocycles. The number of carbonyl (C=O) groups is 1. The van der Waals surface area contributed by atoms with Gasteiger partial charge in [0, 0.05) is 30.6 Å². The number of hydrogen-bond donors (Lipinski definition) is 1. The van der Waals surface area contributed by atoms with Crippen LogP contribution in [0.15, 0.2) is 34.5 Å². The number of benzene rings is 1. The summed E-state index contributed by atoms with van der Waals surface area (Å²) in [7, 11) is -3.61. The van der Waals surface area contributed by atoms with Gasteiger partial charge in [0.15, 0.2) is 0 Å².